The van der Waals surface area contributed by atoms with E-state index in [4.69, 9.17) is 10.5 Å². The van der Waals surface area contributed by atoms with Gasteiger partial charge in [0.25, 0.3) is 0 Å². The minimum absolute atomic E-state index is 0.208. The molecular formula is C18H22N2O2. The predicted molar refractivity (Wildman–Crippen MR) is 88.3 cm³/mol. The van der Waals surface area contributed by atoms with Crippen LogP contribution in [-0.4, -0.2) is 11.4 Å². The number of rotatable bonds is 6. The number of amides is 1. The summed E-state index contributed by atoms with van der Waals surface area (Å²) in [5.41, 5.74) is 7.79. The second-order valence-electron chi connectivity index (χ2n) is 5.85. The molecule has 4 nitrogen and oxygen atoms in total. The van der Waals surface area contributed by atoms with Gasteiger partial charge >= 0.3 is 0 Å². The summed E-state index contributed by atoms with van der Waals surface area (Å²) < 4.78 is 5.67. The molecule has 3 N–H and O–H groups in total. The van der Waals surface area contributed by atoms with Gasteiger partial charge < -0.3 is 15.8 Å². The standard InChI is InChI=1S/C18H22N2O2/c1-18(2,19)17(21)20-16-10-8-15(9-11-16)13-22-12-14-6-4-3-5-7-14/h3-11H,12-13,19H2,1-2H3,(H,20,21). The van der Waals surface area contributed by atoms with Gasteiger partial charge in [0.2, 0.25) is 5.91 Å². The molecule has 2 rings (SSSR count). The quantitative estimate of drug-likeness (QED) is 0.861. The van der Waals surface area contributed by atoms with Crippen LogP contribution in [0.25, 0.3) is 0 Å². The molecule has 0 unspecified atom stereocenters. The molecule has 0 radical (unpaired) electrons. The average Bonchev–Trinajstić information content (AvgIpc) is 2.49. The first-order valence-electron chi connectivity index (χ1n) is 7.26. The maximum absolute atomic E-state index is 11.8. The van der Waals surface area contributed by atoms with Crippen LogP contribution in [0.5, 0.6) is 0 Å². The van der Waals surface area contributed by atoms with Crippen molar-refractivity contribution >= 4 is 11.6 Å². The average molecular weight is 298 g/mol. The Kier molecular flexibility index (Phi) is 5.31. The highest BCUT2D eigenvalue weighted by molar-refractivity contribution is 5.97. The second-order valence-corrected chi connectivity index (χ2v) is 5.85. The highest BCUT2D eigenvalue weighted by atomic mass is 16.5. The largest absolute Gasteiger partial charge is 0.372 e. The van der Waals surface area contributed by atoms with Crippen molar-refractivity contribution in [2.24, 2.45) is 5.73 Å². The van der Waals surface area contributed by atoms with E-state index >= 15 is 0 Å². The predicted octanol–water partition coefficient (Wildman–Crippen LogP) is 3.08. The summed E-state index contributed by atoms with van der Waals surface area (Å²) in [6.07, 6.45) is 0. The van der Waals surface area contributed by atoms with Crippen molar-refractivity contribution in [1.29, 1.82) is 0 Å². The Hall–Kier alpha value is -2.17. The van der Waals surface area contributed by atoms with E-state index in [0.717, 1.165) is 16.8 Å². The topological polar surface area (TPSA) is 64.4 Å². The van der Waals surface area contributed by atoms with E-state index in [-0.39, 0.29) is 5.91 Å². The Morgan fingerprint density at radius 1 is 1.00 bits per heavy atom. The first-order valence-corrected chi connectivity index (χ1v) is 7.26. The number of nitrogens with one attached hydrogen (secondary N) is 1. The third-order valence-corrected chi connectivity index (χ3v) is 3.18. The van der Waals surface area contributed by atoms with Crippen molar-refractivity contribution in [3.63, 3.8) is 0 Å². The highest BCUT2D eigenvalue weighted by Gasteiger charge is 2.21. The molecule has 0 aliphatic heterocycles. The second kappa shape index (κ2) is 7.20. The summed E-state index contributed by atoms with van der Waals surface area (Å²) >= 11 is 0. The lowest BCUT2D eigenvalue weighted by Crippen LogP contribution is -2.45. The Morgan fingerprint density at radius 3 is 2.09 bits per heavy atom. The van der Waals surface area contributed by atoms with Crippen molar-refractivity contribution in [3.05, 3.63) is 65.7 Å². The van der Waals surface area contributed by atoms with Crippen molar-refractivity contribution in [3.8, 4) is 0 Å². The molecule has 0 aliphatic rings. The number of carbonyl (C=O) groups excluding carboxylic acids is 1. The van der Waals surface area contributed by atoms with Gasteiger partial charge in [0.15, 0.2) is 0 Å². The molecule has 0 aliphatic carbocycles. The summed E-state index contributed by atoms with van der Waals surface area (Å²) in [7, 11) is 0. The molecule has 4 heteroatoms. The summed E-state index contributed by atoms with van der Waals surface area (Å²) in [4.78, 5) is 11.8. The van der Waals surface area contributed by atoms with E-state index in [2.05, 4.69) is 5.32 Å². The number of hydrogen-bond acceptors (Lipinski definition) is 3. The van der Waals surface area contributed by atoms with Crippen LogP contribution in [0.2, 0.25) is 0 Å². The number of anilines is 1. The molecule has 2 aromatic carbocycles. The zero-order valence-electron chi connectivity index (χ0n) is 13.0. The zero-order chi connectivity index (χ0) is 16.0. The molecule has 0 heterocycles. The first-order chi connectivity index (χ1) is 10.4. The summed E-state index contributed by atoms with van der Waals surface area (Å²) in [5.74, 6) is -0.208. The van der Waals surface area contributed by atoms with Crippen LogP contribution >= 0.6 is 0 Å². The molecule has 0 bridgehead atoms. The Balaban J connectivity index is 1.83. The van der Waals surface area contributed by atoms with E-state index in [1.807, 2.05) is 54.6 Å². The smallest absolute Gasteiger partial charge is 0.243 e. The minimum atomic E-state index is -0.891. The van der Waals surface area contributed by atoms with Crippen molar-refractivity contribution in [2.45, 2.75) is 32.6 Å². The van der Waals surface area contributed by atoms with Gasteiger partial charge in [0.1, 0.15) is 0 Å². The van der Waals surface area contributed by atoms with E-state index in [0.29, 0.717) is 13.2 Å². The van der Waals surface area contributed by atoms with E-state index < -0.39 is 5.54 Å². The van der Waals surface area contributed by atoms with Gasteiger partial charge in [0.05, 0.1) is 18.8 Å². The van der Waals surface area contributed by atoms with Gasteiger partial charge in [-0.05, 0) is 37.1 Å². The fraction of sp³-hybridized carbons (Fsp3) is 0.278. The molecule has 0 aromatic heterocycles. The lowest BCUT2D eigenvalue weighted by molar-refractivity contribution is -0.120. The van der Waals surface area contributed by atoms with Gasteiger partial charge in [-0.3, -0.25) is 4.79 Å². The van der Waals surface area contributed by atoms with Crippen LogP contribution in [0, 0.1) is 0 Å². The lowest BCUT2D eigenvalue weighted by Gasteiger charge is -2.17. The van der Waals surface area contributed by atoms with Gasteiger partial charge in [0, 0.05) is 5.69 Å². The number of ether oxygens (including phenoxy) is 1. The van der Waals surface area contributed by atoms with Crippen LogP contribution in [0.15, 0.2) is 54.6 Å². The summed E-state index contributed by atoms with van der Waals surface area (Å²) in [6, 6.07) is 17.6. The number of carbonyl (C=O) groups is 1. The fourth-order valence-corrected chi connectivity index (χ4v) is 1.84. The van der Waals surface area contributed by atoms with Gasteiger partial charge in [-0.1, -0.05) is 42.5 Å². The maximum atomic E-state index is 11.8. The SMILES string of the molecule is CC(C)(N)C(=O)Nc1ccc(COCc2ccccc2)cc1. The molecule has 0 atom stereocenters. The van der Waals surface area contributed by atoms with Crippen molar-refractivity contribution in [1.82, 2.24) is 0 Å². The molecule has 22 heavy (non-hydrogen) atoms. The molecular weight excluding hydrogens is 276 g/mol. The molecule has 0 saturated heterocycles. The van der Waals surface area contributed by atoms with Crippen LogP contribution in [0.1, 0.15) is 25.0 Å². The number of benzene rings is 2. The molecule has 0 spiro atoms. The van der Waals surface area contributed by atoms with Gasteiger partial charge in [-0.2, -0.15) is 0 Å². The van der Waals surface area contributed by atoms with Gasteiger partial charge in [-0.15, -0.1) is 0 Å². The van der Waals surface area contributed by atoms with Crippen molar-refractivity contribution < 1.29 is 9.53 Å². The van der Waals surface area contributed by atoms with Crippen molar-refractivity contribution in [2.75, 3.05) is 5.32 Å². The van der Waals surface area contributed by atoms with Crippen LogP contribution in [0.3, 0.4) is 0 Å². The zero-order valence-corrected chi connectivity index (χ0v) is 13.0. The molecule has 116 valence electrons. The summed E-state index contributed by atoms with van der Waals surface area (Å²) in [5, 5.41) is 2.79. The molecule has 2 aromatic rings. The molecule has 0 saturated carbocycles. The Labute approximate surface area is 131 Å². The maximum Gasteiger partial charge on any atom is 0.243 e. The third kappa shape index (κ3) is 4.98. The Bertz CT molecular complexity index is 601. The van der Waals surface area contributed by atoms with E-state index in [9.17, 15) is 4.79 Å². The van der Waals surface area contributed by atoms with Crippen LogP contribution < -0.4 is 11.1 Å². The highest BCUT2D eigenvalue weighted by Crippen LogP contribution is 2.13. The molecule has 0 fully saturated rings. The first kappa shape index (κ1) is 16.2. The van der Waals surface area contributed by atoms with Crippen LogP contribution in [0.4, 0.5) is 5.69 Å². The van der Waals surface area contributed by atoms with E-state index in [1.165, 1.54) is 0 Å². The third-order valence-electron chi connectivity index (χ3n) is 3.18. The fourth-order valence-electron chi connectivity index (χ4n) is 1.84. The molecule has 1 amide bonds. The monoisotopic (exact) mass is 298 g/mol. The summed E-state index contributed by atoms with van der Waals surface area (Å²) in [6.45, 7) is 4.47. The lowest BCUT2D eigenvalue weighted by atomic mass is 10.1. The normalized spacial score (nSPS) is 11.2. The number of hydrogen-bond donors (Lipinski definition) is 2. The van der Waals surface area contributed by atoms with Crippen LogP contribution in [-0.2, 0) is 22.7 Å². The van der Waals surface area contributed by atoms with E-state index in [1.54, 1.807) is 13.8 Å². The Morgan fingerprint density at radius 2 is 1.55 bits per heavy atom. The number of nitrogens with two attached hydrogens (primary N) is 1. The minimum Gasteiger partial charge on any atom is -0.372 e. The van der Waals surface area contributed by atoms with Gasteiger partial charge in [-0.25, -0.2) is 0 Å².